The fraction of sp³-hybridized carbons (Fsp3) is 0.120. The lowest BCUT2D eigenvalue weighted by molar-refractivity contribution is -0.118. The molecule has 2 aromatic heterocycles. The molecule has 1 amide bonds. The monoisotopic (exact) mass is 455 g/mol. The Bertz CT molecular complexity index is 1420. The molecule has 0 aliphatic rings. The predicted octanol–water partition coefficient (Wildman–Crippen LogP) is 4.36. The molecule has 0 bridgehead atoms. The van der Waals surface area contributed by atoms with Crippen LogP contribution >= 0.6 is 11.8 Å². The number of carbonyl (C=O) groups is 1. The molecule has 33 heavy (non-hydrogen) atoms. The van der Waals surface area contributed by atoms with Crippen LogP contribution in [0.15, 0.2) is 83.9 Å². The van der Waals surface area contributed by atoms with Gasteiger partial charge in [-0.05, 0) is 29.8 Å². The third-order valence-electron chi connectivity index (χ3n) is 5.22. The van der Waals surface area contributed by atoms with Gasteiger partial charge in [0.25, 0.3) is 0 Å². The van der Waals surface area contributed by atoms with Gasteiger partial charge >= 0.3 is 0 Å². The van der Waals surface area contributed by atoms with E-state index in [9.17, 15) is 4.79 Å². The fourth-order valence-electron chi connectivity index (χ4n) is 3.56. The Hall–Kier alpha value is -3.91. The van der Waals surface area contributed by atoms with E-state index >= 15 is 0 Å². The first-order valence-electron chi connectivity index (χ1n) is 10.4. The third kappa shape index (κ3) is 4.38. The van der Waals surface area contributed by atoms with E-state index in [1.54, 1.807) is 7.11 Å². The molecule has 5 aromatic rings. The lowest BCUT2D eigenvalue weighted by Crippen LogP contribution is -2.24. The summed E-state index contributed by atoms with van der Waals surface area (Å²) in [5.41, 5.74) is 4.35. The van der Waals surface area contributed by atoms with Gasteiger partial charge in [-0.3, -0.25) is 9.20 Å². The molecule has 0 unspecified atom stereocenters. The number of nitrogens with one attached hydrogen (secondary N) is 1. The number of hydrogen-bond donors (Lipinski definition) is 1. The molecule has 164 valence electrons. The third-order valence-corrected chi connectivity index (χ3v) is 6.17. The molecule has 8 heteroatoms. The minimum absolute atomic E-state index is 0.0771. The van der Waals surface area contributed by atoms with Crippen LogP contribution in [0.2, 0.25) is 0 Å². The second-order valence-electron chi connectivity index (χ2n) is 7.37. The number of benzene rings is 3. The molecule has 3 aromatic carbocycles. The quantitative estimate of drug-likeness (QED) is 0.367. The van der Waals surface area contributed by atoms with Crippen LogP contribution in [0, 0.1) is 0 Å². The van der Waals surface area contributed by atoms with E-state index in [2.05, 4.69) is 15.5 Å². The number of methoxy groups -OCH3 is 1. The zero-order valence-corrected chi connectivity index (χ0v) is 18.7. The van der Waals surface area contributed by atoms with Crippen molar-refractivity contribution in [1.29, 1.82) is 0 Å². The molecule has 0 spiro atoms. The second-order valence-corrected chi connectivity index (χ2v) is 8.33. The number of fused-ring (bicyclic) bond motifs is 3. The Kier molecular flexibility index (Phi) is 5.91. The van der Waals surface area contributed by atoms with Crippen molar-refractivity contribution in [1.82, 2.24) is 24.9 Å². The molecule has 0 atom stereocenters. The maximum Gasteiger partial charge on any atom is 0.230 e. The summed E-state index contributed by atoms with van der Waals surface area (Å²) in [5.74, 6) is 1.68. The minimum Gasteiger partial charge on any atom is -0.497 e. The number of hydrogen-bond acceptors (Lipinski definition) is 6. The first-order chi connectivity index (χ1) is 16.2. The number of ether oxygens (including phenoxy) is 1. The molecule has 0 saturated heterocycles. The minimum atomic E-state index is -0.0771. The van der Waals surface area contributed by atoms with Crippen molar-refractivity contribution in [2.75, 3.05) is 12.9 Å². The molecule has 5 rings (SSSR count). The number of aromatic nitrogens is 4. The number of nitrogens with zero attached hydrogens (tertiary/aromatic N) is 4. The molecule has 7 nitrogen and oxygen atoms in total. The lowest BCUT2D eigenvalue weighted by atomic mass is 10.2. The molecule has 1 N–H and O–H groups in total. The van der Waals surface area contributed by atoms with Crippen LogP contribution in [-0.2, 0) is 11.3 Å². The number of para-hydroxylation sites is 2. The highest BCUT2D eigenvalue weighted by molar-refractivity contribution is 8.00. The first-order valence-corrected chi connectivity index (χ1v) is 11.4. The number of carbonyl (C=O) groups excluding carboxylic acids is 1. The van der Waals surface area contributed by atoms with E-state index < -0.39 is 0 Å². The van der Waals surface area contributed by atoms with Gasteiger partial charge in [0.2, 0.25) is 5.91 Å². The Morgan fingerprint density at radius 1 is 0.970 bits per heavy atom. The van der Waals surface area contributed by atoms with Crippen molar-refractivity contribution < 1.29 is 9.53 Å². The molecule has 0 aliphatic heterocycles. The van der Waals surface area contributed by atoms with Crippen molar-refractivity contribution in [3.05, 3.63) is 84.4 Å². The summed E-state index contributed by atoms with van der Waals surface area (Å²) < 4.78 is 7.18. The van der Waals surface area contributed by atoms with Gasteiger partial charge in [0.1, 0.15) is 10.8 Å². The smallest absolute Gasteiger partial charge is 0.230 e. The first kappa shape index (κ1) is 21.0. The van der Waals surface area contributed by atoms with Gasteiger partial charge in [-0.2, -0.15) is 0 Å². The molecule has 2 heterocycles. The zero-order chi connectivity index (χ0) is 22.6. The molecule has 0 aliphatic carbocycles. The van der Waals surface area contributed by atoms with Crippen LogP contribution in [0.1, 0.15) is 5.56 Å². The Labute approximate surface area is 194 Å². The van der Waals surface area contributed by atoms with Gasteiger partial charge in [0, 0.05) is 12.1 Å². The maximum absolute atomic E-state index is 12.5. The van der Waals surface area contributed by atoms with E-state index in [4.69, 9.17) is 9.72 Å². The summed E-state index contributed by atoms with van der Waals surface area (Å²) >= 11 is 1.36. The van der Waals surface area contributed by atoms with Crippen LogP contribution < -0.4 is 10.1 Å². The topological polar surface area (TPSA) is 81.4 Å². The van der Waals surface area contributed by atoms with Crippen LogP contribution in [0.25, 0.3) is 28.1 Å². The molecule has 0 fully saturated rings. The van der Waals surface area contributed by atoms with Gasteiger partial charge in [-0.1, -0.05) is 66.4 Å². The summed E-state index contributed by atoms with van der Waals surface area (Å²) in [6, 6.07) is 25.4. The van der Waals surface area contributed by atoms with Gasteiger partial charge in [-0.25, -0.2) is 4.98 Å². The van der Waals surface area contributed by atoms with Crippen LogP contribution in [0.4, 0.5) is 0 Å². The van der Waals surface area contributed by atoms with E-state index in [1.807, 2.05) is 83.3 Å². The summed E-state index contributed by atoms with van der Waals surface area (Å²) in [7, 11) is 1.63. The number of thioether (sulfide) groups is 1. The highest BCUT2D eigenvalue weighted by Gasteiger charge is 2.17. The molecular formula is C25H21N5O2S. The van der Waals surface area contributed by atoms with Crippen molar-refractivity contribution in [2.45, 2.75) is 11.6 Å². The average Bonchev–Trinajstić information content (AvgIpc) is 3.33. The van der Waals surface area contributed by atoms with Crippen LogP contribution in [0.3, 0.4) is 0 Å². The van der Waals surface area contributed by atoms with Crippen molar-refractivity contribution in [3.63, 3.8) is 0 Å². The van der Waals surface area contributed by atoms with Crippen LogP contribution in [-0.4, -0.2) is 38.4 Å². The summed E-state index contributed by atoms with van der Waals surface area (Å²) in [4.78, 5) is 17.3. The van der Waals surface area contributed by atoms with Gasteiger partial charge in [0.15, 0.2) is 11.5 Å². The van der Waals surface area contributed by atoms with Gasteiger partial charge in [-0.15, -0.1) is 10.2 Å². The summed E-state index contributed by atoms with van der Waals surface area (Å²) in [5, 5.41) is 12.5. The van der Waals surface area contributed by atoms with E-state index in [0.29, 0.717) is 17.2 Å². The highest BCUT2D eigenvalue weighted by atomic mass is 32.2. The zero-order valence-electron chi connectivity index (χ0n) is 17.9. The molecule has 0 saturated carbocycles. The summed E-state index contributed by atoms with van der Waals surface area (Å²) in [6.45, 7) is 0.451. The van der Waals surface area contributed by atoms with Gasteiger partial charge < -0.3 is 10.1 Å². The standard InChI is InChI=1S/C25H21N5O2S/c1-32-19-13-11-17(12-14-19)15-26-22(31)16-33-25-24-29-28-23(18-7-3-2-4-8-18)30(24)21-10-6-5-9-20(21)27-25/h2-14H,15-16H2,1H3,(H,26,31). The number of amides is 1. The predicted molar refractivity (Wildman–Crippen MR) is 129 cm³/mol. The normalized spacial score (nSPS) is 11.1. The Morgan fingerprint density at radius 2 is 1.73 bits per heavy atom. The number of rotatable bonds is 7. The SMILES string of the molecule is COc1ccc(CNC(=O)CSc2nc3ccccc3n3c(-c4ccccc4)nnc23)cc1. The van der Waals surface area contributed by atoms with E-state index in [-0.39, 0.29) is 11.7 Å². The Balaban J connectivity index is 1.38. The second kappa shape index (κ2) is 9.30. The lowest BCUT2D eigenvalue weighted by Gasteiger charge is -2.09. The largest absolute Gasteiger partial charge is 0.497 e. The highest BCUT2D eigenvalue weighted by Crippen LogP contribution is 2.29. The Morgan fingerprint density at radius 3 is 2.52 bits per heavy atom. The van der Waals surface area contributed by atoms with E-state index in [0.717, 1.165) is 33.7 Å². The maximum atomic E-state index is 12.5. The van der Waals surface area contributed by atoms with Gasteiger partial charge in [0.05, 0.1) is 23.9 Å². The van der Waals surface area contributed by atoms with Crippen LogP contribution in [0.5, 0.6) is 5.75 Å². The van der Waals surface area contributed by atoms with Crippen molar-refractivity contribution in [3.8, 4) is 17.1 Å². The van der Waals surface area contributed by atoms with E-state index in [1.165, 1.54) is 11.8 Å². The molecule has 0 radical (unpaired) electrons. The summed E-state index contributed by atoms with van der Waals surface area (Å²) in [6.07, 6.45) is 0. The average molecular weight is 456 g/mol. The fourth-order valence-corrected chi connectivity index (χ4v) is 4.35. The molecular weight excluding hydrogens is 434 g/mol. The van der Waals surface area contributed by atoms with Crippen molar-refractivity contribution >= 4 is 34.3 Å². The van der Waals surface area contributed by atoms with Crippen molar-refractivity contribution in [2.24, 2.45) is 0 Å².